The molecule has 19 heavy (non-hydrogen) atoms. The third kappa shape index (κ3) is 4.03. The molecular weight excluding hydrogens is 256 g/mol. The number of carbonyl (C=O) groups is 1. The van der Waals surface area contributed by atoms with Gasteiger partial charge in [-0.05, 0) is 38.8 Å². The van der Waals surface area contributed by atoms with E-state index in [-0.39, 0.29) is 5.91 Å². The summed E-state index contributed by atoms with van der Waals surface area (Å²) in [6, 6.07) is 4.09. The van der Waals surface area contributed by atoms with Crippen LogP contribution in [0.15, 0.2) is 12.1 Å². The van der Waals surface area contributed by atoms with Crippen molar-refractivity contribution in [1.82, 2.24) is 4.90 Å². The van der Waals surface area contributed by atoms with Gasteiger partial charge in [-0.3, -0.25) is 4.79 Å². The third-order valence-electron chi connectivity index (χ3n) is 3.19. The fraction of sp³-hybridized carbons (Fsp3) is 0.467. The molecule has 1 aromatic carbocycles. The zero-order chi connectivity index (χ0) is 14.6. The van der Waals surface area contributed by atoms with E-state index >= 15 is 0 Å². The van der Waals surface area contributed by atoms with E-state index < -0.39 is 0 Å². The van der Waals surface area contributed by atoms with Gasteiger partial charge in [0, 0.05) is 25.1 Å². The minimum atomic E-state index is 0.0637. The number of nitrogens with two attached hydrogens (primary N) is 1. The summed E-state index contributed by atoms with van der Waals surface area (Å²) >= 11 is 4.87. The Labute approximate surface area is 120 Å². The second-order valence-electron chi connectivity index (χ2n) is 4.87. The smallest absolute Gasteiger partial charge is 0.254 e. The first-order valence-corrected chi connectivity index (χ1v) is 6.93. The molecule has 0 fully saturated rings. The molecule has 0 spiro atoms. The quantitative estimate of drug-likeness (QED) is 0.842. The summed E-state index contributed by atoms with van der Waals surface area (Å²) in [5.41, 5.74) is 9.54. The number of hydrogen-bond donors (Lipinski definition) is 1. The fourth-order valence-electron chi connectivity index (χ4n) is 2.32. The van der Waals surface area contributed by atoms with Crippen molar-refractivity contribution >= 4 is 23.1 Å². The Morgan fingerprint density at radius 2 is 1.79 bits per heavy atom. The largest absolute Gasteiger partial charge is 0.393 e. The lowest BCUT2D eigenvalue weighted by Crippen LogP contribution is -2.34. The highest BCUT2D eigenvalue weighted by molar-refractivity contribution is 7.80. The monoisotopic (exact) mass is 278 g/mol. The van der Waals surface area contributed by atoms with Crippen LogP contribution in [0.5, 0.6) is 0 Å². The van der Waals surface area contributed by atoms with E-state index in [1.54, 1.807) is 4.90 Å². The van der Waals surface area contributed by atoms with E-state index in [1.165, 1.54) is 5.56 Å². The topological polar surface area (TPSA) is 46.3 Å². The molecule has 0 aliphatic carbocycles. The molecule has 104 valence electrons. The van der Waals surface area contributed by atoms with Crippen LogP contribution in [0.25, 0.3) is 0 Å². The van der Waals surface area contributed by atoms with Gasteiger partial charge in [-0.15, -0.1) is 0 Å². The van der Waals surface area contributed by atoms with Crippen LogP contribution in [0, 0.1) is 20.8 Å². The number of benzene rings is 1. The van der Waals surface area contributed by atoms with Gasteiger partial charge in [0.2, 0.25) is 0 Å². The summed E-state index contributed by atoms with van der Waals surface area (Å²) in [5.74, 6) is 0.0637. The highest BCUT2D eigenvalue weighted by atomic mass is 32.1. The normalized spacial score (nSPS) is 10.3. The van der Waals surface area contributed by atoms with Crippen LogP contribution in [0.3, 0.4) is 0 Å². The molecule has 1 rings (SSSR count). The highest BCUT2D eigenvalue weighted by Gasteiger charge is 2.18. The molecule has 0 aliphatic rings. The van der Waals surface area contributed by atoms with Gasteiger partial charge in [-0.1, -0.05) is 29.9 Å². The van der Waals surface area contributed by atoms with Gasteiger partial charge in [0.1, 0.15) is 0 Å². The lowest BCUT2D eigenvalue weighted by Gasteiger charge is -2.23. The zero-order valence-corrected chi connectivity index (χ0v) is 12.9. The SMILES string of the molecule is CCN(CCC(N)=S)C(=O)c1c(C)cc(C)cc1C. The summed E-state index contributed by atoms with van der Waals surface area (Å²) in [5, 5.41) is 0. The van der Waals surface area contributed by atoms with Crippen molar-refractivity contribution in [1.29, 1.82) is 0 Å². The van der Waals surface area contributed by atoms with Gasteiger partial charge in [0.15, 0.2) is 0 Å². The number of aryl methyl sites for hydroxylation is 3. The van der Waals surface area contributed by atoms with Crippen LogP contribution >= 0.6 is 12.2 Å². The van der Waals surface area contributed by atoms with Gasteiger partial charge >= 0.3 is 0 Å². The Balaban J connectivity index is 3.01. The van der Waals surface area contributed by atoms with Crippen molar-refractivity contribution in [2.45, 2.75) is 34.1 Å². The molecule has 0 saturated heterocycles. The predicted molar refractivity (Wildman–Crippen MR) is 83.6 cm³/mol. The minimum Gasteiger partial charge on any atom is -0.393 e. The molecule has 0 aliphatic heterocycles. The first-order valence-electron chi connectivity index (χ1n) is 6.52. The molecule has 4 heteroatoms. The van der Waals surface area contributed by atoms with Crippen molar-refractivity contribution in [3.63, 3.8) is 0 Å². The summed E-state index contributed by atoms with van der Waals surface area (Å²) in [4.78, 5) is 14.8. The van der Waals surface area contributed by atoms with Crippen LogP contribution < -0.4 is 5.73 Å². The lowest BCUT2D eigenvalue weighted by molar-refractivity contribution is 0.0767. The number of carbonyl (C=O) groups excluding carboxylic acids is 1. The summed E-state index contributed by atoms with van der Waals surface area (Å²) in [6.07, 6.45) is 0.568. The first kappa shape index (κ1) is 15.6. The van der Waals surface area contributed by atoms with E-state index in [4.69, 9.17) is 18.0 Å². The number of amides is 1. The molecule has 0 aromatic heterocycles. The van der Waals surface area contributed by atoms with Crippen LogP contribution in [0.1, 0.15) is 40.4 Å². The van der Waals surface area contributed by atoms with Gasteiger partial charge < -0.3 is 10.6 Å². The van der Waals surface area contributed by atoms with Crippen molar-refractivity contribution in [2.75, 3.05) is 13.1 Å². The van der Waals surface area contributed by atoms with E-state index in [9.17, 15) is 4.79 Å². The molecule has 2 N–H and O–H groups in total. The second-order valence-corrected chi connectivity index (χ2v) is 5.40. The number of hydrogen-bond acceptors (Lipinski definition) is 2. The molecular formula is C15H22N2OS. The summed E-state index contributed by atoms with van der Waals surface area (Å²) in [6.45, 7) is 9.21. The molecule has 1 aromatic rings. The van der Waals surface area contributed by atoms with Crippen LogP contribution in [-0.4, -0.2) is 28.9 Å². The van der Waals surface area contributed by atoms with E-state index in [0.717, 1.165) is 16.7 Å². The molecule has 0 saturated carbocycles. The van der Waals surface area contributed by atoms with Crippen molar-refractivity contribution in [3.05, 3.63) is 34.4 Å². The van der Waals surface area contributed by atoms with E-state index in [2.05, 4.69) is 0 Å². The average Bonchev–Trinajstić information content (AvgIpc) is 2.27. The van der Waals surface area contributed by atoms with Crippen LogP contribution in [-0.2, 0) is 0 Å². The average molecular weight is 278 g/mol. The van der Waals surface area contributed by atoms with Crippen molar-refractivity contribution in [2.24, 2.45) is 5.73 Å². The molecule has 1 amide bonds. The Kier molecular flexibility index (Phi) is 5.48. The van der Waals surface area contributed by atoms with Crippen LogP contribution in [0.4, 0.5) is 0 Å². The Hall–Kier alpha value is -1.42. The molecule has 0 bridgehead atoms. The Morgan fingerprint density at radius 3 is 2.21 bits per heavy atom. The molecule has 3 nitrogen and oxygen atoms in total. The minimum absolute atomic E-state index is 0.0637. The number of nitrogens with zero attached hydrogens (tertiary/aromatic N) is 1. The van der Waals surface area contributed by atoms with E-state index in [0.29, 0.717) is 24.5 Å². The maximum atomic E-state index is 12.6. The molecule has 0 atom stereocenters. The van der Waals surface area contributed by atoms with Gasteiger partial charge in [-0.25, -0.2) is 0 Å². The molecule has 0 heterocycles. The zero-order valence-electron chi connectivity index (χ0n) is 12.1. The van der Waals surface area contributed by atoms with Crippen LogP contribution in [0.2, 0.25) is 0 Å². The third-order valence-corrected chi connectivity index (χ3v) is 3.39. The maximum absolute atomic E-state index is 12.6. The van der Waals surface area contributed by atoms with Gasteiger partial charge in [0.25, 0.3) is 5.91 Å². The van der Waals surface area contributed by atoms with Crippen molar-refractivity contribution in [3.8, 4) is 0 Å². The lowest BCUT2D eigenvalue weighted by atomic mass is 9.98. The summed E-state index contributed by atoms with van der Waals surface area (Å²) < 4.78 is 0. The number of thiocarbonyl (C=S) groups is 1. The first-order chi connectivity index (χ1) is 8.86. The van der Waals surface area contributed by atoms with Gasteiger partial charge in [0.05, 0.1) is 4.99 Å². The Morgan fingerprint density at radius 1 is 1.26 bits per heavy atom. The van der Waals surface area contributed by atoms with Gasteiger partial charge in [-0.2, -0.15) is 0 Å². The maximum Gasteiger partial charge on any atom is 0.254 e. The number of rotatable bonds is 5. The second kappa shape index (κ2) is 6.66. The molecule has 0 radical (unpaired) electrons. The Bertz CT molecular complexity index is 474. The molecule has 0 unspecified atom stereocenters. The standard InChI is InChI=1S/C15H22N2OS/c1-5-17(7-6-13(16)19)15(18)14-11(3)8-10(2)9-12(14)4/h8-9H,5-7H2,1-4H3,(H2,16,19). The highest BCUT2D eigenvalue weighted by Crippen LogP contribution is 2.18. The van der Waals surface area contributed by atoms with Crippen molar-refractivity contribution < 1.29 is 4.79 Å². The summed E-state index contributed by atoms with van der Waals surface area (Å²) in [7, 11) is 0. The van der Waals surface area contributed by atoms with E-state index in [1.807, 2.05) is 39.8 Å². The fourth-order valence-corrected chi connectivity index (χ4v) is 2.42. The predicted octanol–water partition coefficient (Wildman–Crippen LogP) is 2.75.